The van der Waals surface area contributed by atoms with Crippen molar-refractivity contribution in [1.29, 1.82) is 0 Å². The molecule has 0 atom stereocenters. The van der Waals surface area contributed by atoms with Gasteiger partial charge in [-0.2, -0.15) is 10.2 Å². The molecule has 0 aliphatic rings. The molecule has 5 heteroatoms. The van der Waals surface area contributed by atoms with Crippen molar-refractivity contribution in [2.24, 2.45) is 0 Å². The van der Waals surface area contributed by atoms with E-state index in [0.29, 0.717) is 12.1 Å². The van der Waals surface area contributed by atoms with Gasteiger partial charge in [0, 0.05) is 5.39 Å². The highest BCUT2D eigenvalue weighted by molar-refractivity contribution is 5.75. The summed E-state index contributed by atoms with van der Waals surface area (Å²) >= 11 is 0. The number of nitrogens with zero attached hydrogens (tertiary/aromatic N) is 3. The number of H-pyrrole nitrogens is 1. The maximum Gasteiger partial charge on any atom is 0.292 e. The van der Waals surface area contributed by atoms with E-state index < -0.39 is 0 Å². The second kappa shape index (κ2) is 3.86. The Bertz CT molecular complexity index is 699. The molecule has 1 N–H and O–H groups in total. The summed E-state index contributed by atoms with van der Waals surface area (Å²) in [6.45, 7) is 0.467. The molecule has 0 aliphatic heterocycles. The Balaban J connectivity index is 2.07. The van der Waals surface area contributed by atoms with Crippen LogP contribution in [-0.4, -0.2) is 20.0 Å². The quantitative estimate of drug-likeness (QED) is 0.713. The molecule has 0 fully saturated rings. The molecule has 0 radical (unpaired) electrons. The number of aromatic nitrogens is 4. The summed E-state index contributed by atoms with van der Waals surface area (Å²) in [5.41, 5.74) is 1.39. The van der Waals surface area contributed by atoms with Crippen molar-refractivity contribution in [2.75, 3.05) is 0 Å². The Morgan fingerprint density at radius 1 is 1.18 bits per heavy atom. The summed E-state index contributed by atoms with van der Waals surface area (Å²) in [6.07, 6.45) is 3.24. The van der Waals surface area contributed by atoms with Gasteiger partial charge in [-0.15, -0.1) is 0 Å². The number of aromatic amines is 1. The largest absolute Gasteiger partial charge is 0.292 e. The average Bonchev–Trinajstić information content (AvgIpc) is 2.83. The van der Waals surface area contributed by atoms with E-state index in [2.05, 4.69) is 15.3 Å². The summed E-state index contributed by atoms with van der Waals surface area (Å²) in [6, 6.07) is 9.75. The lowest BCUT2D eigenvalue weighted by Crippen LogP contribution is -2.23. The van der Waals surface area contributed by atoms with Gasteiger partial charge in [-0.3, -0.25) is 9.89 Å². The van der Waals surface area contributed by atoms with E-state index in [9.17, 15) is 4.79 Å². The molecular weight excluding hydrogens is 216 g/mol. The van der Waals surface area contributed by atoms with Crippen molar-refractivity contribution < 1.29 is 0 Å². The fourth-order valence-corrected chi connectivity index (χ4v) is 1.75. The fourth-order valence-electron chi connectivity index (χ4n) is 1.75. The SMILES string of the molecule is O=c1c2[nH]ncc2cnn1Cc1ccccc1. The molecule has 2 heterocycles. The monoisotopic (exact) mass is 226 g/mol. The van der Waals surface area contributed by atoms with Gasteiger partial charge in [0.1, 0.15) is 5.52 Å². The zero-order valence-electron chi connectivity index (χ0n) is 9.00. The Morgan fingerprint density at radius 2 is 2.00 bits per heavy atom. The lowest BCUT2D eigenvalue weighted by molar-refractivity contribution is 0.646. The number of hydrogen-bond donors (Lipinski definition) is 1. The molecule has 0 aliphatic carbocycles. The number of benzene rings is 1. The van der Waals surface area contributed by atoms with E-state index in [1.165, 1.54) is 4.68 Å². The molecule has 0 saturated carbocycles. The zero-order valence-corrected chi connectivity index (χ0v) is 9.00. The van der Waals surface area contributed by atoms with Crippen molar-refractivity contribution in [1.82, 2.24) is 20.0 Å². The van der Waals surface area contributed by atoms with Gasteiger partial charge < -0.3 is 0 Å². The summed E-state index contributed by atoms with van der Waals surface area (Å²) in [5.74, 6) is 0. The van der Waals surface area contributed by atoms with Crippen LogP contribution in [0, 0.1) is 0 Å². The minimum Gasteiger partial charge on any atom is -0.272 e. The van der Waals surface area contributed by atoms with E-state index in [0.717, 1.165) is 10.9 Å². The molecule has 0 unspecified atom stereocenters. The molecule has 0 spiro atoms. The predicted molar refractivity (Wildman–Crippen MR) is 63.7 cm³/mol. The number of hydrogen-bond acceptors (Lipinski definition) is 3. The van der Waals surface area contributed by atoms with Crippen molar-refractivity contribution in [3.8, 4) is 0 Å². The lowest BCUT2D eigenvalue weighted by Gasteiger charge is -2.03. The Kier molecular flexibility index (Phi) is 2.22. The molecule has 17 heavy (non-hydrogen) atoms. The van der Waals surface area contributed by atoms with E-state index in [-0.39, 0.29) is 5.56 Å². The van der Waals surface area contributed by atoms with Crippen LogP contribution in [-0.2, 0) is 6.54 Å². The molecule has 2 aromatic heterocycles. The summed E-state index contributed by atoms with van der Waals surface area (Å²) in [5, 5.41) is 11.4. The van der Waals surface area contributed by atoms with E-state index in [1.54, 1.807) is 12.4 Å². The highest BCUT2D eigenvalue weighted by atomic mass is 16.1. The molecule has 0 bridgehead atoms. The van der Waals surface area contributed by atoms with Gasteiger partial charge in [0.25, 0.3) is 5.56 Å². The first-order valence-electron chi connectivity index (χ1n) is 5.28. The van der Waals surface area contributed by atoms with Crippen molar-refractivity contribution >= 4 is 10.9 Å². The van der Waals surface area contributed by atoms with Crippen LogP contribution in [0.1, 0.15) is 5.56 Å². The van der Waals surface area contributed by atoms with Crippen LogP contribution in [0.4, 0.5) is 0 Å². The van der Waals surface area contributed by atoms with Crippen molar-refractivity contribution in [3.05, 3.63) is 58.6 Å². The van der Waals surface area contributed by atoms with Crippen LogP contribution in [0.15, 0.2) is 47.5 Å². The highest BCUT2D eigenvalue weighted by Gasteiger charge is 2.05. The highest BCUT2D eigenvalue weighted by Crippen LogP contribution is 2.04. The number of fused-ring (bicyclic) bond motifs is 1. The van der Waals surface area contributed by atoms with Crippen LogP contribution < -0.4 is 5.56 Å². The van der Waals surface area contributed by atoms with Gasteiger partial charge in [0.05, 0.1) is 18.9 Å². The van der Waals surface area contributed by atoms with Gasteiger partial charge in [-0.25, -0.2) is 4.68 Å². The maximum absolute atomic E-state index is 12.0. The number of rotatable bonds is 2. The van der Waals surface area contributed by atoms with E-state index >= 15 is 0 Å². The van der Waals surface area contributed by atoms with Crippen LogP contribution in [0.25, 0.3) is 10.9 Å². The Hall–Kier alpha value is -2.43. The van der Waals surface area contributed by atoms with E-state index in [4.69, 9.17) is 0 Å². The Labute approximate surface area is 96.7 Å². The van der Waals surface area contributed by atoms with Gasteiger partial charge in [0.15, 0.2) is 0 Å². The first kappa shape index (κ1) is 9.77. The van der Waals surface area contributed by atoms with Gasteiger partial charge in [-0.05, 0) is 5.56 Å². The first-order valence-corrected chi connectivity index (χ1v) is 5.28. The fraction of sp³-hybridized carbons (Fsp3) is 0.0833. The van der Waals surface area contributed by atoms with Gasteiger partial charge in [0.2, 0.25) is 0 Å². The summed E-state index contributed by atoms with van der Waals surface area (Å²) in [7, 11) is 0. The van der Waals surface area contributed by atoms with Crippen LogP contribution in [0.3, 0.4) is 0 Å². The topological polar surface area (TPSA) is 63.6 Å². The lowest BCUT2D eigenvalue weighted by atomic mass is 10.2. The van der Waals surface area contributed by atoms with Gasteiger partial charge in [-0.1, -0.05) is 30.3 Å². The average molecular weight is 226 g/mol. The third-order valence-electron chi connectivity index (χ3n) is 2.63. The molecule has 0 saturated heterocycles. The molecule has 3 aromatic rings. The minimum absolute atomic E-state index is 0.149. The third kappa shape index (κ3) is 1.71. The van der Waals surface area contributed by atoms with Crippen LogP contribution >= 0.6 is 0 Å². The first-order chi connectivity index (χ1) is 8.34. The third-order valence-corrected chi connectivity index (χ3v) is 2.63. The van der Waals surface area contributed by atoms with Crippen molar-refractivity contribution in [3.63, 3.8) is 0 Å². The van der Waals surface area contributed by atoms with Crippen LogP contribution in [0.2, 0.25) is 0 Å². The smallest absolute Gasteiger partial charge is 0.272 e. The van der Waals surface area contributed by atoms with Crippen molar-refractivity contribution in [2.45, 2.75) is 6.54 Å². The summed E-state index contributed by atoms with van der Waals surface area (Å²) in [4.78, 5) is 12.0. The number of nitrogens with one attached hydrogen (secondary N) is 1. The molecule has 3 rings (SSSR count). The normalized spacial score (nSPS) is 10.8. The molecule has 0 amide bonds. The minimum atomic E-state index is -0.149. The standard InChI is InChI=1S/C12H10N4O/c17-12-11-10(6-13-15-11)7-14-16(12)8-9-4-2-1-3-5-9/h1-7H,8H2,(H,13,15). The zero-order chi connectivity index (χ0) is 11.7. The second-order valence-corrected chi connectivity index (χ2v) is 3.79. The van der Waals surface area contributed by atoms with Gasteiger partial charge >= 0.3 is 0 Å². The predicted octanol–water partition coefficient (Wildman–Crippen LogP) is 1.17. The molecule has 5 nitrogen and oxygen atoms in total. The Morgan fingerprint density at radius 3 is 2.82 bits per heavy atom. The molecule has 1 aromatic carbocycles. The molecular formula is C12H10N4O. The molecule has 84 valence electrons. The van der Waals surface area contributed by atoms with E-state index in [1.807, 2.05) is 30.3 Å². The maximum atomic E-state index is 12.0. The van der Waals surface area contributed by atoms with Crippen LogP contribution in [0.5, 0.6) is 0 Å². The second-order valence-electron chi connectivity index (χ2n) is 3.79. The summed E-state index contributed by atoms with van der Waals surface area (Å²) < 4.78 is 1.43.